The van der Waals surface area contributed by atoms with E-state index in [1.165, 1.54) is 0 Å². The highest BCUT2D eigenvalue weighted by Gasteiger charge is 2.25. The van der Waals surface area contributed by atoms with Gasteiger partial charge in [-0.1, -0.05) is 0 Å². The summed E-state index contributed by atoms with van der Waals surface area (Å²) in [7, 11) is 3.11. The molecule has 5 nitrogen and oxygen atoms in total. The largest absolute Gasteiger partial charge is 0.493 e. The van der Waals surface area contributed by atoms with Gasteiger partial charge in [0.2, 0.25) is 5.90 Å². The van der Waals surface area contributed by atoms with Crippen LogP contribution in [0.15, 0.2) is 40.3 Å². The molecule has 0 saturated carbocycles. The molecule has 2 aromatic rings. The maximum Gasteiger partial charge on any atom is 0.363 e. The van der Waals surface area contributed by atoms with E-state index in [0.29, 0.717) is 22.8 Å². The maximum absolute atomic E-state index is 12.0. The lowest BCUT2D eigenvalue weighted by Crippen LogP contribution is -2.05. The summed E-state index contributed by atoms with van der Waals surface area (Å²) in [5.41, 5.74) is 2.05. The molecule has 0 amide bonds. The van der Waals surface area contributed by atoms with Gasteiger partial charge in [0.1, 0.15) is 0 Å². The average Bonchev–Trinajstić information content (AvgIpc) is 3.13. The monoisotopic (exact) mass is 329 g/mol. The molecule has 0 spiro atoms. The van der Waals surface area contributed by atoms with Crippen molar-refractivity contribution in [3.05, 3.63) is 51.3 Å². The van der Waals surface area contributed by atoms with E-state index in [1.54, 1.807) is 49.8 Å². The Balaban J connectivity index is 1.95. The predicted molar refractivity (Wildman–Crippen MR) is 89.2 cm³/mol. The first-order valence-electron chi connectivity index (χ1n) is 6.91. The van der Waals surface area contributed by atoms with Gasteiger partial charge in [0.25, 0.3) is 0 Å². The molecule has 1 aliphatic rings. The Kier molecular flexibility index (Phi) is 4.16. The van der Waals surface area contributed by atoms with Crippen molar-refractivity contribution in [2.24, 2.45) is 4.99 Å². The minimum Gasteiger partial charge on any atom is -0.493 e. The van der Waals surface area contributed by atoms with Crippen LogP contribution in [0.5, 0.6) is 11.5 Å². The van der Waals surface area contributed by atoms with E-state index in [9.17, 15) is 4.79 Å². The Hall–Kier alpha value is -2.60. The molecule has 0 aliphatic carbocycles. The summed E-state index contributed by atoms with van der Waals surface area (Å²) in [5.74, 6) is 0.959. The quantitative estimate of drug-likeness (QED) is 0.637. The molecule has 1 aromatic carbocycles. The normalized spacial score (nSPS) is 15.5. The molecule has 0 atom stereocenters. The Morgan fingerprint density at radius 1 is 1.17 bits per heavy atom. The van der Waals surface area contributed by atoms with Gasteiger partial charge in [-0.25, -0.2) is 9.79 Å². The zero-order valence-electron chi connectivity index (χ0n) is 13.0. The molecule has 0 saturated heterocycles. The standard InChI is InChI=1S/C17H15NO4S/c1-10-6-7-23-15(10)9-12-17(19)22-16(18-12)11-4-5-13(20-2)14(8-11)21-3/h4-9H,1-3H3/b12-9+. The molecule has 0 bridgehead atoms. The Morgan fingerprint density at radius 2 is 1.96 bits per heavy atom. The number of nitrogens with zero attached hydrogens (tertiary/aromatic N) is 1. The second-order valence-corrected chi connectivity index (χ2v) is 5.82. The van der Waals surface area contributed by atoms with Crippen LogP contribution < -0.4 is 9.47 Å². The number of hydrogen-bond acceptors (Lipinski definition) is 6. The number of cyclic esters (lactones) is 1. The van der Waals surface area contributed by atoms with Crippen molar-refractivity contribution in [3.63, 3.8) is 0 Å². The van der Waals surface area contributed by atoms with Crippen molar-refractivity contribution < 1.29 is 19.0 Å². The smallest absolute Gasteiger partial charge is 0.363 e. The third kappa shape index (κ3) is 2.98. The summed E-state index contributed by atoms with van der Waals surface area (Å²) in [6.07, 6.45) is 1.75. The van der Waals surface area contributed by atoms with Crippen LogP contribution in [-0.2, 0) is 9.53 Å². The molecule has 0 unspecified atom stereocenters. The van der Waals surface area contributed by atoms with Crippen molar-refractivity contribution in [1.82, 2.24) is 0 Å². The van der Waals surface area contributed by atoms with Crippen molar-refractivity contribution in [2.45, 2.75) is 6.92 Å². The number of ether oxygens (including phenoxy) is 3. The summed E-state index contributed by atoms with van der Waals surface area (Å²) in [6.45, 7) is 1.99. The van der Waals surface area contributed by atoms with Gasteiger partial charge in [-0.3, -0.25) is 0 Å². The van der Waals surface area contributed by atoms with Crippen molar-refractivity contribution in [3.8, 4) is 11.5 Å². The average molecular weight is 329 g/mol. The predicted octanol–water partition coefficient (Wildman–Crippen LogP) is 3.42. The zero-order chi connectivity index (χ0) is 16.4. The molecule has 2 heterocycles. The van der Waals surface area contributed by atoms with E-state index in [4.69, 9.17) is 14.2 Å². The fourth-order valence-electron chi connectivity index (χ4n) is 2.16. The van der Waals surface area contributed by atoms with Gasteiger partial charge in [0, 0.05) is 10.4 Å². The van der Waals surface area contributed by atoms with Crippen LogP contribution >= 0.6 is 11.3 Å². The molecule has 118 valence electrons. The molecule has 0 N–H and O–H groups in total. The van der Waals surface area contributed by atoms with Gasteiger partial charge in [-0.15, -0.1) is 11.3 Å². The lowest BCUT2D eigenvalue weighted by molar-refractivity contribution is -0.129. The number of methoxy groups -OCH3 is 2. The highest BCUT2D eigenvalue weighted by Crippen LogP contribution is 2.30. The first-order valence-corrected chi connectivity index (χ1v) is 7.79. The molecular formula is C17H15NO4S. The fourth-order valence-corrected chi connectivity index (χ4v) is 3.01. The van der Waals surface area contributed by atoms with E-state index >= 15 is 0 Å². The van der Waals surface area contributed by atoms with E-state index < -0.39 is 5.97 Å². The number of carbonyl (C=O) groups excluding carboxylic acids is 1. The zero-order valence-corrected chi connectivity index (χ0v) is 13.8. The Morgan fingerprint density at radius 3 is 2.61 bits per heavy atom. The van der Waals surface area contributed by atoms with Crippen LogP contribution in [0, 0.1) is 6.92 Å². The lowest BCUT2D eigenvalue weighted by Gasteiger charge is -2.08. The number of esters is 1. The molecule has 3 rings (SSSR count). The molecule has 0 fully saturated rings. The number of thiophene rings is 1. The van der Waals surface area contributed by atoms with Gasteiger partial charge in [0.05, 0.1) is 14.2 Å². The van der Waals surface area contributed by atoms with E-state index in [2.05, 4.69) is 4.99 Å². The van der Waals surface area contributed by atoms with Gasteiger partial charge in [-0.2, -0.15) is 0 Å². The van der Waals surface area contributed by atoms with Gasteiger partial charge >= 0.3 is 5.97 Å². The van der Waals surface area contributed by atoms with E-state index in [0.717, 1.165) is 10.4 Å². The summed E-state index contributed by atoms with van der Waals surface area (Å²) in [6, 6.07) is 7.24. The molecule has 1 aromatic heterocycles. The van der Waals surface area contributed by atoms with Crippen LogP contribution in [-0.4, -0.2) is 26.1 Å². The highest BCUT2D eigenvalue weighted by molar-refractivity contribution is 7.11. The van der Waals surface area contributed by atoms with Crippen molar-refractivity contribution in [1.29, 1.82) is 0 Å². The van der Waals surface area contributed by atoms with E-state index in [-0.39, 0.29) is 5.90 Å². The highest BCUT2D eigenvalue weighted by atomic mass is 32.1. The number of benzene rings is 1. The summed E-state index contributed by atoms with van der Waals surface area (Å²) in [5, 5.41) is 1.97. The second-order valence-electron chi connectivity index (χ2n) is 4.87. The lowest BCUT2D eigenvalue weighted by atomic mass is 10.2. The minimum absolute atomic E-state index is 0.261. The minimum atomic E-state index is -0.456. The van der Waals surface area contributed by atoms with Crippen molar-refractivity contribution >= 4 is 29.3 Å². The third-order valence-corrected chi connectivity index (χ3v) is 4.39. The van der Waals surface area contributed by atoms with E-state index in [1.807, 2.05) is 18.4 Å². The summed E-state index contributed by atoms with van der Waals surface area (Å²) < 4.78 is 15.7. The van der Waals surface area contributed by atoms with Crippen molar-refractivity contribution in [2.75, 3.05) is 14.2 Å². The Bertz CT molecular complexity index is 820. The fraction of sp³-hybridized carbons (Fsp3) is 0.176. The third-order valence-electron chi connectivity index (χ3n) is 3.42. The molecule has 1 aliphatic heterocycles. The van der Waals surface area contributed by atoms with Crippen LogP contribution in [0.2, 0.25) is 0 Å². The maximum atomic E-state index is 12.0. The van der Waals surface area contributed by atoms with Crippen LogP contribution in [0.25, 0.3) is 6.08 Å². The van der Waals surface area contributed by atoms with Gasteiger partial charge in [0.15, 0.2) is 17.2 Å². The summed E-state index contributed by atoms with van der Waals surface area (Å²) >= 11 is 1.56. The molecule has 23 heavy (non-hydrogen) atoms. The second kappa shape index (κ2) is 6.26. The number of rotatable bonds is 4. The molecule has 0 radical (unpaired) electrons. The van der Waals surface area contributed by atoms with Gasteiger partial charge < -0.3 is 14.2 Å². The molecular weight excluding hydrogens is 314 g/mol. The first kappa shape index (κ1) is 15.3. The van der Waals surface area contributed by atoms with Crippen LogP contribution in [0.4, 0.5) is 0 Å². The van der Waals surface area contributed by atoms with Crippen LogP contribution in [0.1, 0.15) is 16.0 Å². The Labute approximate surface area is 137 Å². The van der Waals surface area contributed by atoms with Gasteiger partial charge in [-0.05, 0) is 48.2 Å². The molecule has 6 heteroatoms. The number of aryl methyl sites for hydroxylation is 1. The topological polar surface area (TPSA) is 57.1 Å². The number of carbonyl (C=O) groups is 1. The number of aliphatic imine (C=N–C) groups is 1. The summed E-state index contributed by atoms with van der Waals surface area (Å²) in [4.78, 5) is 17.3. The SMILES string of the molecule is COc1ccc(C2=N/C(=C/c3sccc3C)C(=O)O2)cc1OC. The number of hydrogen-bond donors (Lipinski definition) is 0. The van der Waals surface area contributed by atoms with Crippen LogP contribution in [0.3, 0.4) is 0 Å². The first-order chi connectivity index (χ1) is 11.1.